The lowest BCUT2D eigenvalue weighted by molar-refractivity contribution is -0.116. The molecule has 2 aromatic rings. The minimum Gasteiger partial charge on any atom is -0.491 e. The third-order valence-corrected chi connectivity index (χ3v) is 4.19. The summed E-state index contributed by atoms with van der Waals surface area (Å²) in [7, 11) is 0. The number of carbonyl (C=O) groups excluding carboxylic acids is 1. The van der Waals surface area contributed by atoms with E-state index in [-0.39, 0.29) is 5.91 Å². The molecule has 1 aliphatic heterocycles. The van der Waals surface area contributed by atoms with Crippen LogP contribution < -0.4 is 19.5 Å². The molecule has 0 saturated heterocycles. The Morgan fingerprint density at radius 1 is 1.11 bits per heavy atom. The molecule has 27 heavy (non-hydrogen) atoms. The number of hydrogen-bond acceptors (Lipinski definition) is 4. The monoisotopic (exact) mass is 369 g/mol. The fraction of sp³-hybridized carbons (Fsp3) is 0.409. The Kier molecular flexibility index (Phi) is 6.58. The molecule has 0 saturated carbocycles. The second-order valence-electron chi connectivity index (χ2n) is 7.08. The third-order valence-electron chi connectivity index (χ3n) is 4.19. The van der Waals surface area contributed by atoms with Crippen LogP contribution in [0.5, 0.6) is 17.2 Å². The van der Waals surface area contributed by atoms with Crippen LogP contribution in [0.4, 0.5) is 5.69 Å². The van der Waals surface area contributed by atoms with Crippen molar-refractivity contribution in [3.63, 3.8) is 0 Å². The molecule has 0 fully saturated rings. The number of nitrogens with one attached hydrogen (secondary N) is 1. The van der Waals surface area contributed by atoms with Gasteiger partial charge in [0.05, 0.1) is 25.5 Å². The molecule has 144 valence electrons. The molecule has 5 nitrogen and oxygen atoms in total. The zero-order valence-corrected chi connectivity index (χ0v) is 16.0. The van der Waals surface area contributed by atoms with Crippen molar-refractivity contribution in [2.75, 3.05) is 25.1 Å². The molecule has 0 bridgehead atoms. The van der Waals surface area contributed by atoms with E-state index in [1.54, 1.807) is 0 Å². The van der Waals surface area contributed by atoms with Crippen LogP contribution in [-0.4, -0.2) is 25.7 Å². The molecule has 0 unspecified atom stereocenters. The second-order valence-corrected chi connectivity index (χ2v) is 7.08. The highest BCUT2D eigenvalue weighted by Gasteiger charge is 2.12. The number of anilines is 1. The average molecular weight is 369 g/mol. The van der Waals surface area contributed by atoms with Gasteiger partial charge in [-0.2, -0.15) is 0 Å². The van der Waals surface area contributed by atoms with Gasteiger partial charge < -0.3 is 19.5 Å². The summed E-state index contributed by atoms with van der Waals surface area (Å²) in [5, 5.41) is 2.96. The van der Waals surface area contributed by atoms with Crippen LogP contribution in [0.3, 0.4) is 0 Å². The lowest BCUT2D eigenvalue weighted by atomic mass is 10.1. The largest absolute Gasteiger partial charge is 0.491 e. The van der Waals surface area contributed by atoms with E-state index in [1.165, 1.54) is 0 Å². The number of ether oxygens (including phenoxy) is 3. The maximum Gasteiger partial charge on any atom is 0.224 e. The predicted octanol–water partition coefficient (Wildman–Crippen LogP) is 4.45. The Morgan fingerprint density at radius 2 is 1.89 bits per heavy atom. The second kappa shape index (κ2) is 9.31. The Morgan fingerprint density at radius 3 is 2.70 bits per heavy atom. The van der Waals surface area contributed by atoms with Gasteiger partial charge in [-0.3, -0.25) is 4.79 Å². The van der Waals surface area contributed by atoms with Crippen molar-refractivity contribution in [2.24, 2.45) is 5.92 Å². The molecule has 3 rings (SSSR count). The average Bonchev–Trinajstić information content (AvgIpc) is 2.90. The molecule has 1 heterocycles. The topological polar surface area (TPSA) is 56.8 Å². The lowest BCUT2D eigenvalue weighted by Crippen LogP contribution is -2.14. The van der Waals surface area contributed by atoms with E-state index in [2.05, 4.69) is 19.2 Å². The molecule has 0 spiro atoms. The Balaban J connectivity index is 1.57. The van der Waals surface area contributed by atoms with Gasteiger partial charge in [-0.15, -0.1) is 0 Å². The van der Waals surface area contributed by atoms with Crippen molar-refractivity contribution in [2.45, 2.75) is 33.1 Å². The van der Waals surface area contributed by atoms with E-state index in [0.29, 0.717) is 50.0 Å². The maximum atomic E-state index is 12.4. The van der Waals surface area contributed by atoms with E-state index < -0.39 is 0 Å². The van der Waals surface area contributed by atoms with Gasteiger partial charge in [0.15, 0.2) is 11.5 Å². The number of fused-ring (bicyclic) bond motifs is 1. The fourth-order valence-corrected chi connectivity index (χ4v) is 2.79. The van der Waals surface area contributed by atoms with Crippen LogP contribution in [0.25, 0.3) is 0 Å². The molecule has 1 aliphatic rings. The van der Waals surface area contributed by atoms with Crippen molar-refractivity contribution in [1.29, 1.82) is 0 Å². The number of para-hydroxylation sites is 2. The van der Waals surface area contributed by atoms with Crippen LogP contribution >= 0.6 is 0 Å². The van der Waals surface area contributed by atoms with Crippen LogP contribution in [0, 0.1) is 5.92 Å². The molecular formula is C22H27NO4. The van der Waals surface area contributed by atoms with Crippen molar-refractivity contribution in [3.8, 4) is 17.2 Å². The fourth-order valence-electron chi connectivity index (χ4n) is 2.79. The molecule has 0 aromatic heterocycles. The van der Waals surface area contributed by atoms with E-state index in [1.807, 2.05) is 42.5 Å². The first-order valence-electron chi connectivity index (χ1n) is 9.52. The minimum absolute atomic E-state index is 0.0392. The molecular weight excluding hydrogens is 342 g/mol. The first-order chi connectivity index (χ1) is 13.1. The summed E-state index contributed by atoms with van der Waals surface area (Å²) in [6.07, 6.45) is 1.90. The van der Waals surface area contributed by atoms with Gasteiger partial charge in [0.1, 0.15) is 5.75 Å². The number of benzene rings is 2. The van der Waals surface area contributed by atoms with E-state index in [4.69, 9.17) is 14.2 Å². The summed E-state index contributed by atoms with van der Waals surface area (Å²) >= 11 is 0. The van der Waals surface area contributed by atoms with Crippen LogP contribution in [0.1, 0.15) is 32.3 Å². The van der Waals surface area contributed by atoms with E-state index >= 15 is 0 Å². The van der Waals surface area contributed by atoms with Gasteiger partial charge in [-0.05, 0) is 42.2 Å². The summed E-state index contributed by atoms with van der Waals surface area (Å²) < 4.78 is 17.1. The summed E-state index contributed by atoms with van der Waals surface area (Å²) in [5.74, 6) is 2.63. The highest BCUT2D eigenvalue weighted by Crippen LogP contribution is 2.31. The zero-order valence-electron chi connectivity index (χ0n) is 16.0. The first-order valence-corrected chi connectivity index (χ1v) is 9.52. The summed E-state index contributed by atoms with van der Waals surface area (Å²) in [6, 6.07) is 13.4. The normalized spacial score (nSPS) is 13.1. The van der Waals surface area contributed by atoms with Crippen LogP contribution in [-0.2, 0) is 11.2 Å². The Labute approximate surface area is 160 Å². The number of rotatable bonds is 7. The van der Waals surface area contributed by atoms with Crippen molar-refractivity contribution in [3.05, 3.63) is 48.0 Å². The Bertz CT molecular complexity index is 773. The number of aryl methyl sites for hydroxylation is 1. The van der Waals surface area contributed by atoms with Gasteiger partial charge >= 0.3 is 0 Å². The summed E-state index contributed by atoms with van der Waals surface area (Å²) in [4.78, 5) is 12.4. The molecule has 0 radical (unpaired) electrons. The molecule has 0 aliphatic carbocycles. The quantitative estimate of drug-likeness (QED) is 0.783. The molecule has 1 amide bonds. The number of carbonyl (C=O) groups is 1. The summed E-state index contributed by atoms with van der Waals surface area (Å²) in [6.45, 7) is 6.13. The van der Waals surface area contributed by atoms with E-state index in [9.17, 15) is 4.79 Å². The van der Waals surface area contributed by atoms with Crippen molar-refractivity contribution >= 4 is 11.6 Å². The summed E-state index contributed by atoms with van der Waals surface area (Å²) in [5.41, 5.74) is 1.76. The lowest BCUT2D eigenvalue weighted by Gasteiger charge is -2.14. The van der Waals surface area contributed by atoms with Crippen molar-refractivity contribution in [1.82, 2.24) is 0 Å². The van der Waals surface area contributed by atoms with Gasteiger partial charge in [0.25, 0.3) is 0 Å². The Hall–Kier alpha value is -2.69. The van der Waals surface area contributed by atoms with Crippen LogP contribution in [0.15, 0.2) is 42.5 Å². The molecule has 2 aromatic carbocycles. The van der Waals surface area contributed by atoms with Crippen molar-refractivity contribution < 1.29 is 19.0 Å². The molecule has 0 atom stereocenters. The van der Waals surface area contributed by atoms with Gasteiger partial charge in [-0.1, -0.05) is 32.0 Å². The SMILES string of the molecule is CC(C)COc1ccccc1NC(=O)CCc1ccc2c(c1)OCCCO2. The first kappa shape index (κ1) is 19.1. The predicted molar refractivity (Wildman–Crippen MR) is 106 cm³/mol. The molecule has 5 heteroatoms. The maximum absolute atomic E-state index is 12.4. The zero-order chi connectivity index (χ0) is 19.1. The van der Waals surface area contributed by atoms with Gasteiger partial charge in [0.2, 0.25) is 5.91 Å². The van der Waals surface area contributed by atoms with E-state index in [0.717, 1.165) is 23.5 Å². The molecule has 1 N–H and O–H groups in total. The highest BCUT2D eigenvalue weighted by atomic mass is 16.5. The standard InChI is InChI=1S/C22H27NO4/c1-16(2)15-27-19-7-4-3-6-18(19)23-22(24)11-9-17-8-10-20-21(14-17)26-13-5-12-25-20/h3-4,6-8,10,14,16H,5,9,11-13,15H2,1-2H3,(H,23,24). The van der Waals surface area contributed by atoms with Gasteiger partial charge in [-0.25, -0.2) is 0 Å². The number of hydrogen-bond donors (Lipinski definition) is 1. The minimum atomic E-state index is -0.0392. The smallest absolute Gasteiger partial charge is 0.224 e. The highest BCUT2D eigenvalue weighted by molar-refractivity contribution is 5.92. The van der Waals surface area contributed by atoms with Gasteiger partial charge in [0, 0.05) is 12.8 Å². The number of amides is 1. The third kappa shape index (κ3) is 5.64. The van der Waals surface area contributed by atoms with Crippen LogP contribution in [0.2, 0.25) is 0 Å².